The van der Waals surface area contributed by atoms with E-state index in [-0.39, 0.29) is 0 Å². The molecule has 24 heavy (non-hydrogen) atoms. The minimum Gasteiger partial charge on any atom is -0.389 e. The molecule has 0 aliphatic heterocycles. The van der Waals surface area contributed by atoms with Crippen LogP contribution in [0.2, 0.25) is 0 Å². The molecular weight excluding hydrogens is 308 g/mol. The lowest BCUT2D eigenvalue weighted by Gasteiger charge is -2.19. The third kappa shape index (κ3) is 4.31. The van der Waals surface area contributed by atoms with E-state index in [1.807, 2.05) is 0 Å². The first kappa shape index (κ1) is 17.9. The highest BCUT2D eigenvalue weighted by Crippen LogP contribution is 2.27. The molecule has 0 spiro atoms. The van der Waals surface area contributed by atoms with E-state index in [2.05, 4.69) is 48.1 Å². The van der Waals surface area contributed by atoms with Crippen molar-refractivity contribution in [2.75, 3.05) is 48.5 Å². The van der Waals surface area contributed by atoms with E-state index < -0.39 is 5.60 Å². The average molecular weight is 334 g/mol. The van der Waals surface area contributed by atoms with Crippen LogP contribution in [0.5, 0.6) is 0 Å². The summed E-state index contributed by atoms with van der Waals surface area (Å²) in [6.45, 7) is 6.65. The van der Waals surface area contributed by atoms with Crippen LogP contribution in [0.25, 0.3) is 11.0 Å². The van der Waals surface area contributed by atoms with E-state index in [0.717, 1.165) is 13.0 Å². The molecule has 0 amide bonds. The van der Waals surface area contributed by atoms with Crippen LogP contribution in [0.3, 0.4) is 0 Å². The van der Waals surface area contributed by atoms with E-state index in [1.165, 1.54) is 0 Å². The summed E-state index contributed by atoms with van der Waals surface area (Å²) in [6.07, 6.45) is 0.966. The van der Waals surface area contributed by atoms with Gasteiger partial charge in [0.2, 0.25) is 11.9 Å². The van der Waals surface area contributed by atoms with Crippen molar-refractivity contribution in [3.8, 4) is 0 Å². The standard InChI is InChI=1S/C15H26N8O/c1-6-7-18-11-9-10(21-13(16-4)22-11)12(19-8-15(2,3)24)23-14(17-5)20-9/h24H,6-8H2,1-5H3,(H2,16,18,21,22)(H2,17,19,20,23). The fourth-order valence-electron chi connectivity index (χ4n) is 2.03. The summed E-state index contributed by atoms with van der Waals surface area (Å²) in [5.41, 5.74) is 0.343. The topological polar surface area (TPSA) is 120 Å². The van der Waals surface area contributed by atoms with Crippen molar-refractivity contribution in [3.63, 3.8) is 0 Å². The Morgan fingerprint density at radius 3 is 1.79 bits per heavy atom. The first-order chi connectivity index (χ1) is 11.4. The second-order valence-corrected chi connectivity index (χ2v) is 6.08. The lowest BCUT2D eigenvalue weighted by Crippen LogP contribution is -2.29. The van der Waals surface area contributed by atoms with Gasteiger partial charge in [-0.1, -0.05) is 6.92 Å². The highest BCUT2D eigenvalue weighted by Gasteiger charge is 2.18. The second-order valence-electron chi connectivity index (χ2n) is 6.08. The van der Waals surface area contributed by atoms with Gasteiger partial charge in [0.15, 0.2) is 11.6 Å². The van der Waals surface area contributed by atoms with Gasteiger partial charge in [0, 0.05) is 27.2 Å². The van der Waals surface area contributed by atoms with Crippen molar-refractivity contribution in [2.45, 2.75) is 32.8 Å². The fourth-order valence-corrected chi connectivity index (χ4v) is 2.03. The molecule has 2 aromatic heterocycles. The van der Waals surface area contributed by atoms with Gasteiger partial charge >= 0.3 is 0 Å². The van der Waals surface area contributed by atoms with Gasteiger partial charge in [0.1, 0.15) is 11.0 Å². The van der Waals surface area contributed by atoms with Gasteiger partial charge in [-0.25, -0.2) is 9.97 Å². The van der Waals surface area contributed by atoms with Crippen LogP contribution in [0.15, 0.2) is 0 Å². The summed E-state index contributed by atoms with van der Waals surface area (Å²) >= 11 is 0. The third-order valence-electron chi connectivity index (χ3n) is 3.22. The molecule has 0 aromatic carbocycles. The highest BCUT2D eigenvalue weighted by molar-refractivity contribution is 5.94. The van der Waals surface area contributed by atoms with Gasteiger partial charge < -0.3 is 26.4 Å². The SMILES string of the molecule is CCCNc1nc(NC)nc2c(NCC(C)(C)O)nc(NC)nc12. The smallest absolute Gasteiger partial charge is 0.225 e. The fraction of sp³-hybridized carbons (Fsp3) is 0.600. The van der Waals surface area contributed by atoms with Crippen molar-refractivity contribution in [2.24, 2.45) is 0 Å². The lowest BCUT2D eigenvalue weighted by atomic mass is 10.1. The summed E-state index contributed by atoms with van der Waals surface area (Å²) < 4.78 is 0. The number of nitrogens with one attached hydrogen (secondary N) is 4. The predicted octanol–water partition coefficient (Wildman–Crippen LogP) is 1.51. The number of hydrogen-bond acceptors (Lipinski definition) is 9. The maximum absolute atomic E-state index is 9.97. The van der Waals surface area contributed by atoms with E-state index >= 15 is 0 Å². The first-order valence-corrected chi connectivity index (χ1v) is 8.03. The minimum atomic E-state index is -0.876. The number of nitrogens with zero attached hydrogens (tertiary/aromatic N) is 4. The Hall–Kier alpha value is -2.42. The molecular formula is C15H26N8O. The molecule has 2 heterocycles. The first-order valence-electron chi connectivity index (χ1n) is 8.03. The largest absolute Gasteiger partial charge is 0.389 e. The molecule has 0 saturated heterocycles. The number of fused-ring (bicyclic) bond motifs is 1. The Bertz CT molecular complexity index is 698. The van der Waals surface area contributed by atoms with Crippen LogP contribution in [0, 0.1) is 0 Å². The maximum atomic E-state index is 9.97. The number of anilines is 4. The Morgan fingerprint density at radius 2 is 1.38 bits per heavy atom. The van der Waals surface area contributed by atoms with Crippen LogP contribution in [0.4, 0.5) is 23.5 Å². The number of aliphatic hydroxyl groups is 1. The zero-order valence-corrected chi connectivity index (χ0v) is 14.9. The molecule has 0 aliphatic rings. The van der Waals surface area contributed by atoms with Crippen molar-refractivity contribution in [1.82, 2.24) is 19.9 Å². The molecule has 0 unspecified atom stereocenters. The normalized spacial score (nSPS) is 11.4. The van der Waals surface area contributed by atoms with Gasteiger partial charge in [-0.2, -0.15) is 9.97 Å². The lowest BCUT2D eigenvalue weighted by molar-refractivity contribution is 0.0944. The molecule has 132 valence electrons. The second kappa shape index (κ2) is 7.43. The quantitative estimate of drug-likeness (QED) is 0.489. The van der Waals surface area contributed by atoms with E-state index in [9.17, 15) is 5.11 Å². The van der Waals surface area contributed by atoms with E-state index in [4.69, 9.17) is 0 Å². The van der Waals surface area contributed by atoms with Crippen LogP contribution in [-0.4, -0.2) is 57.8 Å². The zero-order valence-electron chi connectivity index (χ0n) is 14.9. The summed E-state index contributed by atoms with van der Waals surface area (Å²) in [5.74, 6) is 2.13. The molecule has 5 N–H and O–H groups in total. The molecule has 9 heteroatoms. The molecule has 0 bridgehead atoms. The molecule has 0 fully saturated rings. The Kier molecular flexibility index (Phi) is 5.55. The van der Waals surface area contributed by atoms with E-state index in [1.54, 1.807) is 27.9 Å². The van der Waals surface area contributed by atoms with Crippen LogP contribution in [-0.2, 0) is 0 Å². The maximum Gasteiger partial charge on any atom is 0.225 e. The van der Waals surface area contributed by atoms with Gasteiger partial charge in [-0.05, 0) is 20.3 Å². The van der Waals surface area contributed by atoms with Crippen molar-refractivity contribution in [1.29, 1.82) is 0 Å². The summed E-state index contributed by atoms with van der Waals surface area (Å²) in [7, 11) is 3.51. The summed E-state index contributed by atoms with van der Waals surface area (Å²) in [6, 6.07) is 0. The van der Waals surface area contributed by atoms with Crippen LogP contribution >= 0.6 is 0 Å². The minimum absolute atomic E-state index is 0.332. The van der Waals surface area contributed by atoms with Crippen LogP contribution < -0.4 is 21.3 Å². The Balaban J connectivity index is 2.57. The molecule has 0 radical (unpaired) electrons. The average Bonchev–Trinajstić information content (AvgIpc) is 2.56. The molecule has 9 nitrogen and oxygen atoms in total. The summed E-state index contributed by atoms with van der Waals surface area (Å²) in [4.78, 5) is 17.8. The zero-order chi connectivity index (χ0) is 17.7. The highest BCUT2D eigenvalue weighted by atomic mass is 16.3. The summed E-state index contributed by atoms with van der Waals surface area (Å²) in [5, 5.41) is 22.3. The van der Waals surface area contributed by atoms with Gasteiger partial charge in [-0.15, -0.1) is 0 Å². The van der Waals surface area contributed by atoms with Gasteiger partial charge in [0.05, 0.1) is 5.60 Å². The number of hydrogen-bond donors (Lipinski definition) is 5. The van der Waals surface area contributed by atoms with Crippen LogP contribution in [0.1, 0.15) is 27.2 Å². The van der Waals surface area contributed by atoms with Crippen molar-refractivity contribution in [3.05, 3.63) is 0 Å². The number of aromatic nitrogens is 4. The Labute approximate surface area is 141 Å². The van der Waals surface area contributed by atoms with Crippen molar-refractivity contribution < 1.29 is 5.11 Å². The molecule has 0 atom stereocenters. The molecule has 0 saturated carbocycles. The molecule has 2 rings (SSSR count). The van der Waals surface area contributed by atoms with Gasteiger partial charge in [-0.3, -0.25) is 0 Å². The monoisotopic (exact) mass is 334 g/mol. The van der Waals surface area contributed by atoms with Crippen molar-refractivity contribution >= 4 is 34.6 Å². The Morgan fingerprint density at radius 1 is 0.875 bits per heavy atom. The third-order valence-corrected chi connectivity index (χ3v) is 3.22. The predicted molar refractivity (Wildman–Crippen MR) is 97.8 cm³/mol. The molecule has 0 aliphatic carbocycles. The van der Waals surface area contributed by atoms with E-state index in [0.29, 0.717) is 41.1 Å². The molecule has 2 aromatic rings. The van der Waals surface area contributed by atoms with Gasteiger partial charge in [0.25, 0.3) is 0 Å². The number of rotatable bonds is 8.